The Morgan fingerprint density at radius 2 is 1.65 bits per heavy atom. The molecule has 0 saturated heterocycles. The van der Waals surface area contributed by atoms with Gasteiger partial charge in [-0.1, -0.05) is 0 Å². The summed E-state index contributed by atoms with van der Waals surface area (Å²) < 4.78 is 0. The quantitative estimate of drug-likeness (QED) is 0.622. The summed E-state index contributed by atoms with van der Waals surface area (Å²) in [5, 5.41) is 3.11. The van der Waals surface area contributed by atoms with E-state index < -0.39 is 0 Å². The molecule has 3 heteroatoms. The van der Waals surface area contributed by atoms with Crippen LogP contribution in [0.2, 0.25) is 0 Å². The summed E-state index contributed by atoms with van der Waals surface area (Å²) in [5.41, 5.74) is 4.82. The van der Waals surface area contributed by atoms with Crippen LogP contribution >= 0.6 is 0 Å². The molecule has 0 amide bonds. The lowest BCUT2D eigenvalue weighted by Gasteiger charge is -2.01. The Morgan fingerprint density at radius 3 is 2.18 bits per heavy atom. The van der Waals surface area contributed by atoms with Crippen LogP contribution in [0.5, 0.6) is 0 Å². The maximum absolute atomic E-state index is 3.44. The van der Waals surface area contributed by atoms with Crippen LogP contribution in [0.1, 0.15) is 12.8 Å². The third kappa shape index (κ3) is 3.03. The fourth-order valence-corrected chi connectivity index (χ4v) is 1.86. The highest BCUT2D eigenvalue weighted by Gasteiger charge is 2.13. The molecule has 1 aromatic rings. The zero-order valence-corrected chi connectivity index (χ0v) is 10.4. The summed E-state index contributed by atoms with van der Waals surface area (Å²) >= 11 is 0. The second kappa shape index (κ2) is 5.43. The van der Waals surface area contributed by atoms with Crippen LogP contribution in [-0.4, -0.2) is 25.5 Å². The Bertz CT molecular complexity index is 467. The molecular weight excluding hydrogens is 210 g/mol. The molecule has 0 aromatic heterocycles. The third-order valence-corrected chi connectivity index (χ3v) is 2.95. The number of anilines is 1. The van der Waals surface area contributed by atoms with E-state index in [9.17, 15) is 0 Å². The van der Waals surface area contributed by atoms with Crippen LogP contribution in [0.25, 0.3) is 0 Å². The molecule has 0 unspecified atom stereocenters. The molecule has 3 nitrogen and oxygen atoms in total. The van der Waals surface area contributed by atoms with Crippen molar-refractivity contribution >= 4 is 22.8 Å². The molecule has 3 N–H and O–H groups in total. The highest BCUT2D eigenvalue weighted by molar-refractivity contribution is 6.04. The van der Waals surface area contributed by atoms with Crippen molar-refractivity contribution in [1.82, 2.24) is 0 Å². The highest BCUT2D eigenvalue weighted by atomic mass is 14.8. The van der Waals surface area contributed by atoms with Gasteiger partial charge in [0, 0.05) is 49.9 Å². The number of benzene rings is 1. The first kappa shape index (κ1) is 11.6. The van der Waals surface area contributed by atoms with Gasteiger partial charge in [-0.3, -0.25) is 0 Å². The lowest BCUT2D eigenvalue weighted by atomic mass is 10.0. The molecule has 1 aliphatic rings. The van der Waals surface area contributed by atoms with Gasteiger partial charge in [-0.2, -0.15) is 0 Å². The fraction of sp³-hybridized carbons (Fsp3) is 0.286. The first-order valence-corrected chi connectivity index (χ1v) is 5.94. The van der Waals surface area contributed by atoms with Crippen molar-refractivity contribution in [3.63, 3.8) is 0 Å². The van der Waals surface area contributed by atoms with Crippen molar-refractivity contribution in [2.75, 3.05) is 19.4 Å². The van der Waals surface area contributed by atoms with Gasteiger partial charge in [0.2, 0.25) is 5.69 Å². The second-order valence-electron chi connectivity index (χ2n) is 4.09. The molecule has 1 aliphatic carbocycles. The maximum Gasteiger partial charge on any atom is 0.203 e. The standard InChI is InChI=1S/C14H17N3/c1-15-11-3-7-13(8-4-11)17-14-9-5-12(16-2)6-10-14/h3-5,7-9,15H,6,10H2,1-2H3/p+2. The van der Waals surface area contributed by atoms with Crippen molar-refractivity contribution in [3.05, 3.63) is 36.4 Å². The molecule has 0 bridgehead atoms. The summed E-state index contributed by atoms with van der Waals surface area (Å²) in [6.07, 6.45) is 6.40. The lowest BCUT2D eigenvalue weighted by molar-refractivity contribution is -0.420. The van der Waals surface area contributed by atoms with Crippen LogP contribution in [0, 0.1) is 0 Å². The molecule has 1 aromatic carbocycles. The van der Waals surface area contributed by atoms with Gasteiger partial charge in [-0.05, 0) is 12.1 Å². The smallest absolute Gasteiger partial charge is 0.203 e. The summed E-state index contributed by atoms with van der Waals surface area (Å²) in [5.74, 6) is 0. The number of rotatable bonds is 2. The summed E-state index contributed by atoms with van der Waals surface area (Å²) in [7, 11) is 3.89. The van der Waals surface area contributed by atoms with Crippen LogP contribution < -0.4 is 15.3 Å². The van der Waals surface area contributed by atoms with E-state index in [4.69, 9.17) is 0 Å². The Kier molecular flexibility index (Phi) is 3.70. The zero-order valence-electron chi connectivity index (χ0n) is 10.4. The first-order chi connectivity index (χ1) is 8.31. The normalized spacial score (nSPS) is 19.9. The predicted octanol–water partition coefficient (Wildman–Crippen LogP) is -0.617. The number of hydrogen-bond acceptors (Lipinski definition) is 1. The molecular formula is C14H19N3+2. The van der Waals surface area contributed by atoms with E-state index in [1.807, 2.05) is 14.1 Å². The van der Waals surface area contributed by atoms with Gasteiger partial charge in [0.1, 0.15) is 7.05 Å². The average Bonchev–Trinajstić information content (AvgIpc) is 2.40. The fourth-order valence-electron chi connectivity index (χ4n) is 1.86. The molecule has 17 heavy (non-hydrogen) atoms. The molecule has 0 fully saturated rings. The van der Waals surface area contributed by atoms with Crippen LogP contribution in [0.4, 0.5) is 11.4 Å². The monoisotopic (exact) mass is 229 g/mol. The highest BCUT2D eigenvalue weighted by Crippen LogP contribution is 2.08. The van der Waals surface area contributed by atoms with Gasteiger partial charge >= 0.3 is 0 Å². The molecule has 2 rings (SSSR count). The molecule has 0 atom stereocenters. The second-order valence-corrected chi connectivity index (χ2v) is 4.09. The Hall–Kier alpha value is -1.90. The average molecular weight is 229 g/mol. The largest absolute Gasteiger partial charge is 0.388 e. The Balaban J connectivity index is 2.14. The number of allylic oxidation sites excluding steroid dienone is 2. The molecule has 0 heterocycles. The Morgan fingerprint density at radius 1 is 1.00 bits per heavy atom. The van der Waals surface area contributed by atoms with Gasteiger partial charge < -0.3 is 5.32 Å². The molecule has 0 saturated carbocycles. The van der Waals surface area contributed by atoms with Crippen LogP contribution in [0.3, 0.4) is 0 Å². The van der Waals surface area contributed by atoms with E-state index >= 15 is 0 Å². The van der Waals surface area contributed by atoms with Crippen LogP contribution in [0.15, 0.2) is 36.4 Å². The van der Waals surface area contributed by atoms with Crippen molar-refractivity contribution < 1.29 is 9.98 Å². The van der Waals surface area contributed by atoms with Gasteiger partial charge in [-0.25, -0.2) is 9.98 Å². The van der Waals surface area contributed by atoms with Crippen LogP contribution in [-0.2, 0) is 0 Å². The minimum absolute atomic E-state index is 1.06. The van der Waals surface area contributed by atoms with E-state index in [1.165, 1.54) is 11.4 Å². The minimum atomic E-state index is 1.06. The summed E-state index contributed by atoms with van der Waals surface area (Å²) in [6.45, 7) is 0. The lowest BCUT2D eigenvalue weighted by Crippen LogP contribution is -2.70. The van der Waals surface area contributed by atoms with E-state index in [0.29, 0.717) is 0 Å². The SMILES string of the molecule is CNc1ccc([NH+]=C2C=CC(=[NH+]C)CC2)cc1. The third-order valence-electron chi connectivity index (χ3n) is 2.95. The first-order valence-electron chi connectivity index (χ1n) is 5.94. The van der Waals surface area contributed by atoms with E-state index in [2.05, 4.69) is 51.7 Å². The zero-order chi connectivity index (χ0) is 12.1. The number of nitrogens with one attached hydrogen (secondary N) is 3. The summed E-state index contributed by atoms with van der Waals surface area (Å²) in [4.78, 5) is 6.62. The Labute approximate surface area is 102 Å². The van der Waals surface area contributed by atoms with Crippen molar-refractivity contribution in [2.45, 2.75) is 12.8 Å². The van der Waals surface area contributed by atoms with Crippen molar-refractivity contribution in [1.29, 1.82) is 0 Å². The van der Waals surface area contributed by atoms with Crippen molar-refractivity contribution in [2.24, 2.45) is 0 Å². The predicted molar refractivity (Wildman–Crippen MR) is 71.9 cm³/mol. The number of hydrogen-bond donors (Lipinski definition) is 3. The van der Waals surface area contributed by atoms with E-state index in [1.54, 1.807) is 0 Å². The topological polar surface area (TPSA) is 40.0 Å². The van der Waals surface area contributed by atoms with E-state index in [-0.39, 0.29) is 0 Å². The van der Waals surface area contributed by atoms with Gasteiger partial charge in [-0.15, -0.1) is 0 Å². The maximum atomic E-state index is 3.44. The van der Waals surface area contributed by atoms with Gasteiger partial charge in [0.15, 0.2) is 11.4 Å². The van der Waals surface area contributed by atoms with Crippen molar-refractivity contribution in [3.8, 4) is 0 Å². The molecule has 0 radical (unpaired) electrons. The van der Waals surface area contributed by atoms with Gasteiger partial charge in [0.05, 0.1) is 0 Å². The minimum Gasteiger partial charge on any atom is -0.388 e. The molecule has 88 valence electrons. The van der Waals surface area contributed by atoms with Gasteiger partial charge in [0.25, 0.3) is 0 Å². The van der Waals surface area contributed by atoms with E-state index in [0.717, 1.165) is 24.2 Å². The molecule has 0 aliphatic heterocycles. The summed E-state index contributed by atoms with van der Waals surface area (Å²) in [6, 6.07) is 8.31. The molecule has 0 spiro atoms.